The molecule has 2 aromatic heterocycles. The number of hydrogen-bond donors (Lipinski definition) is 5. The molecule has 0 aliphatic carbocycles. The predicted molar refractivity (Wildman–Crippen MR) is 128 cm³/mol. The number of halogens is 9. The van der Waals surface area contributed by atoms with Crippen molar-refractivity contribution < 1.29 is 35.9 Å². The number of hydrogen-bond acceptors (Lipinski definition) is 10. The van der Waals surface area contributed by atoms with E-state index in [0.29, 0.717) is 4.60 Å². The van der Waals surface area contributed by atoms with Gasteiger partial charge in [-0.3, -0.25) is 31.3 Å². The van der Waals surface area contributed by atoms with E-state index in [1.54, 1.807) is 0 Å². The summed E-state index contributed by atoms with van der Waals surface area (Å²) in [5.74, 6) is -4.67. The van der Waals surface area contributed by atoms with E-state index in [4.69, 9.17) is 23.2 Å². The fourth-order valence-corrected chi connectivity index (χ4v) is 1.93. The first kappa shape index (κ1) is 38.1. The molecule has 0 aromatic carbocycles. The first-order chi connectivity index (χ1) is 15.6. The van der Waals surface area contributed by atoms with Crippen molar-refractivity contribution in [2.75, 3.05) is 10.9 Å². The molecule has 2 amide bonds. The van der Waals surface area contributed by atoms with E-state index in [1.807, 2.05) is 10.9 Å². The maximum absolute atomic E-state index is 11.8. The molecule has 0 unspecified atom stereocenters. The van der Waals surface area contributed by atoms with E-state index in [-0.39, 0.29) is 36.8 Å². The van der Waals surface area contributed by atoms with Crippen LogP contribution in [0.25, 0.3) is 0 Å². The van der Waals surface area contributed by atoms with E-state index < -0.39 is 24.2 Å². The van der Waals surface area contributed by atoms with Gasteiger partial charge in [-0.1, -0.05) is 38.1 Å². The van der Waals surface area contributed by atoms with Crippen molar-refractivity contribution >= 4 is 83.0 Å². The van der Waals surface area contributed by atoms with Gasteiger partial charge >= 0.3 is 48.9 Å². The molecule has 0 spiro atoms. The van der Waals surface area contributed by atoms with Crippen LogP contribution >= 0.6 is 51.9 Å². The molecule has 0 fully saturated rings. The van der Waals surface area contributed by atoms with Crippen LogP contribution in [0.3, 0.4) is 0 Å². The number of carbonyl (C=O) groups excluding carboxylic acids is 2. The molecule has 11 nitrogen and oxygen atoms in total. The number of nitrogens with zero attached hydrogens (tertiary/aromatic N) is 5. The monoisotopic (exact) mass is 648 g/mol. The molecule has 0 saturated heterocycles. The first-order valence-electron chi connectivity index (χ1n) is 7.58. The van der Waals surface area contributed by atoms with Gasteiger partial charge in [0.05, 0.1) is 6.20 Å². The number of thiol groups is 1. The van der Waals surface area contributed by atoms with E-state index in [0.717, 1.165) is 0 Å². The third-order valence-electron chi connectivity index (χ3n) is 2.46. The molecule has 4 N–H and O–H groups in total. The Morgan fingerprint density at radius 1 is 0.889 bits per heavy atom. The van der Waals surface area contributed by atoms with Gasteiger partial charge < -0.3 is 0 Å². The predicted octanol–water partition coefficient (Wildman–Crippen LogP) is 4.49. The van der Waals surface area contributed by atoms with Crippen LogP contribution in [0.2, 0.25) is 10.3 Å². The van der Waals surface area contributed by atoms with Crippen LogP contribution < -0.4 is 21.7 Å². The molecule has 36 heavy (non-hydrogen) atoms. The summed E-state index contributed by atoms with van der Waals surface area (Å²) in [5, 5.41) is -0.336. The van der Waals surface area contributed by atoms with Crippen LogP contribution in [-0.4, -0.2) is 51.7 Å². The summed E-state index contributed by atoms with van der Waals surface area (Å²) >= 11 is 17.1. The Labute approximate surface area is 225 Å². The Morgan fingerprint density at radius 3 is 1.64 bits per heavy atom. The molecule has 0 aliphatic heterocycles. The third kappa shape index (κ3) is 15.5. The molecule has 22 heteroatoms. The van der Waals surface area contributed by atoms with Crippen molar-refractivity contribution in [2.45, 2.75) is 27.2 Å². The van der Waals surface area contributed by atoms with Gasteiger partial charge in [0, 0.05) is 12.4 Å². The second-order valence-corrected chi connectivity index (χ2v) is 6.56. The zero-order valence-electron chi connectivity index (χ0n) is 15.7. The van der Waals surface area contributed by atoms with E-state index >= 15 is 0 Å². The van der Waals surface area contributed by atoms with Crippen molar-refractivity contribution in [1.82, 2.24) is 30.8 Å². The Balaban J connectivity index is -0.000000520. The maximum atomic E-state index is 11.8. The molecule has 2 rings (SSSR count). The van der Waals surface area contributed by atoms with Gasteiger partial charge in [-0.25, -0.2) is 19.9 Å². The van der Waals surface area contributed by atoms with Crippen molar-refractivity contribution in [1.29, 1.82) is 0 Å². The minimum atomic E-state index is -4.98. The molecule has 0 saturated carbocycles. The van der Waals surface area contributed by atoms with Crippen molar-refractivity contribution in [3.05, 3.63) is 33.5 Å². The van der Waals surface area contributed by atoms with Crippen LogP contribution in [0.1, 0.15) is 14.9 Å². The standard InChI is InChI=1S/C6H3BrClF3N4O.C6H4ClF3N4O.2CH4.BHNS/c7-2-1-12-4(3(8)13-2)14-15-5(16)6(9,10)11;7-3-4(12-2-1-11-3)13-14-5(15)6(8,9)10;;;1-2-3/h1H,(H,12,14)(H,15,16);1-2H,(H,12,13)(H,14,15);2*1H4;3H. The summed E-state index contributed by atoms with van der Waals surface area (Å²) in [6.07, 6.45) is -6.30. The van der Waals surface area contributed by atoms with Gasteiger partial charge in [0.2, 0.25) is 0 Å². The fourth-order valence-electron chi connectivity index (χ4n) is 1.21. The summed E-state index contributed by atoms with van der Waals surface area (Å²) in [5.41, 5.74) is 6.56. The number of carbonyl (C=O) groups is 2. The Kier molecular flexibility index (Phi) is 18.9. The number of aromatic nitrogens is 4. The molecule has 201 valence electrons. The van der Waals surface area contributed by atoms with Crippen LogP contribution in [0, 0.1) is 0 Å². The third-order valence-corrected chi connectivity index (χ3v) is 3.38. The molecule has 1 radical (unpaired) electrons. The molecule has 0 aliphatic rings. The van der Waals surface area contributed by atoms with Crippen LogP contribution in [0.4, 0.5) is 38.0 Å². The van der Waals surface area contributed by atoms with Crippen molar-refractivity contribution in [3.63, 3.8) is 0 Å². The summed E-state index contributed by atoms with van der Waals surface area (Å²) in [7, 11) is 4.34. The fraction of sp³-hybridized carbons (Fsp3) is 0.286. The quantitative estimate of drug-likeness (QED) is 0.141. The molecule has 2 aromatic rings. The average Bonchev–Trinajstić information content (AvgIpc) is 2.72. The molecule has 2 heterocycles. The first-order valence-corrected chi connectivity index (χ1v) is 9.53. The number of alkyl halides is 6. The molecule has 0 bridgehead atoms. The van der Waals surface area contributed by atoms with Gasteiger partial charge in [-0.05, 0) is 15.9 Å². The van der Waals surface area contributed by atoms with Gasteiger partial charge in [0.1, 0.15) is 4.60 Å². The number of nitrogens with one attached hydrogen (secondary N) is 4. The van der Waals surface area contributed by atoms with Gasteiger partial charge in [0.25, 0.3) is 0 Å². The second kappa shape index (κ2) is 17.9. The Morgan fingerprint density at radius 2 is 1.28 bits per heavy atom. The van der Waals surface area contributed by atoms with Gasteiger partial charge in [0.15, 0.2) is 21.9 Å². The number of anilines is 2. The summed E-state index contributed by atoms with van der Waals surface area (Å²) in [6.45, 7) is 0. The summed E-state index contributed by atoms with van der Waals surface area (Å²) < 4.78 is 73.6. The van der Waals surface area contributed by atoms with Crippen LogP contribution in [0.15, 0.2) is 27.5 Å². The molecule has 0 atom stereocenters. The van der Waals surface area contributed by atoms with Gasteiger partial charge in [-0.15, -0.1) is 0 Å². The average molecular weight is 650 g/mol. The second-order valence-electron chi connectivity index (χ2n) is 4.80. The normalized spacial score (nSPS) is 9.81. The van der Waals surface area contributed by atoms with E-state index in [9.17, 15) is 35.9 Å². The molecular weight excluding hydrogens is 634 g/mol. The summed E-state index contributed by atoms with van der Waals surface area (Å²) in [4.78, 5) is 35.1. The van der Waals surface area contributed by atoms with Crippen LogP contribution in [-0.2, 0) is 9.59 Å². The van der Waals surface area contributed by atoms with E-state index in [2.05, 4.69) is 60.6 Å². The van der Waals surface area contributed by atoms with Crippen molar-refractivity contribution in [3.8, 4) is 0 Å². The zero-order chi connectivity index (χ0) is 26.5. The number of amides is 2. The van der Waals surface area contributed by atoms with Crippen LogP contribution in [0.5, 0.6) is 0 Å². The van der Waals surface area contributed by atoms with Gasteiger partial charge in [-0.2, -0.15) is 26.3 Å². The summed E-state index contributed by atoms with van der Waals surface area (Å²) in [6, 6.07) is 0. The van der Waals surface area contributed by atoms with E-state index in [1.165, 1.54) is 29.4 Å². The number of rotatable bonds is 4. The molecular formula is C14H16BBrCl2F6N9O2S. The topological polar surface area (TPSA) is 146 Å². The zero-order valence-corrected chi connectivity index (χ0v) is 19.7. The minimum absolute atomic E-state index is 0. The Bertz CT molecular complexity index is 995. The Hall–Kier alpha value is -2.45. The van der Waals surface area contributed by atoms with Crippen molar-refractivity contribution in [2.24, 2.45) is 4.30 Å². The number of hydrazine groups is 2. The SMILES string of the molecule is C.C.O=C(NNc1ncc(Br)nc1Cl)C(F)(F)F.O=C(NNc1nccnc1Cl)C(F)(F)F.[B]=NS.